The maximum atomic E-state index is 13.3. The van der Waals surface area contributed by atoms with Crippen LogP contribution in [0.5, 0.6) is 11.5 Å². The van der Waals surface area contributed by atoms with Crippen LogP contribution in [0.15, 0.2) is 103 Å². The van der Waals surface area contributed by atoms with Crippen molar-refractivity contribution >= 4 is 17.2 Å². The highest BCUT2D eigenvalue weighted by Crippen LogP contribution is 2.29. The zero-order chi connectivity index (χ0) is 27.1. The first kappa shape index (κ1) is 26.5. The van der Waals surface area contributed by atoms with Gasteiger partial charge in [0.05, 0.1) is 18.4 Å². The number of nitrogens with one attached hydrogen (secondary N) is 1. The zero-order valence-electron chi connectivity index (χ0n) is 22.5. The largest absolute Gasteiger partial charge is 0.497 e. The minimum atomic E-state index is -0.279. The normalized spacial score (nSPS) is 12.2. The van der Waals surface area contributed by atoms with Crippen molar-refractivity contribution in [2.24, 2.45) is 0 Å². The summed E-state index contributed by atoms with van der Waals surface area (Å²) in [5, 5.41) is 2.98. The summed E-state index contributed by atoms with van der Waals surface area (Å²) >= 11 is 0. The van der Waals surface area contributed by atoms with E-state index < -0.39 is 0 Å². The Kier molecular flexibility index (Phi) is 8.44. The molecule has 1 amide bonds. The number of aromatic nitrogens is 2. The van der Waals surface area contributed by atoms with Crippen LogP contribution in [0.4, 0.5) is 5.69 Å². The van der Waals surface area contributed by atoms with E-state index in [4.69, 9.17) is 14.5 Å². The van der Waals surface area contributed by atoms with Crippen LogP contribution in [0.25, 0.3) is 16.9 Å². The molecule has 0 saturated carbocycles. The maximum absolute atomic E-state index is 13.3. The van der Waals surface area contributed by atoms with E-state index in [9.17, 15) is 4.79 Å². The number of carbonyl (C=O) groups is 1. The molecule has 0 aliphatic rings. The molecule has 1 N–H and O–H groups in total. The highest BCUT2D eigenvalue weighted by molar-refractivity contribution is 6.06. The summed E-state index contributed by atoms with van der Waals surface area (Å²) in [6.07, 6.45) is 12.6. The molecule has 0 fully saturated rings. The van der Waals surface area contributed by atoms with Crippen molar-refractivity contribution in [1.29, 1.82) is 0 Å². The topological polar surface area (TPSA) is 64.9 Å². The molecule has 4 rings (SSSR count). The van der Waals surface area contributed by atoms with Crippen LogP contribution in [0.1, 0.15) is 43.1 Å². The second kappa shape index (κ2) is 12.1. The van der Waals surface area contributed by atoms with Gasteiger partial charge in [-0.2, -0.15) is 0 Å². The molecule has 6 nitrogen and oxygen atoms in total. The Bertz CT molecular complexity index is 1530. The summed E-state index contributed by atoms with van der Waals surface area (Å²) in [6, 6.07) is 16.9. The van der Waals surface area contributed by atoms with Gasteiger partial charge >= 0.3 is 0 Å². The third kappa shape index (κ3) is 6.21. The molecule has 194 valence electrons. The van der Waals surface area contributed by atoms with Crippen molar-refractivity contribution in [2.75, 3.05) is 12.4 Å². The smallest absolute Gasteiger partial charge is 0.259 e. The second-order valence-electron chi connectivity index (χ2n) is 8.98. The van der Waals surface area contributed by atoms with E-state index in [2.05, 4.69) is 19.2 Å². The number of hydrogen-bond acceptors (Lipinski definition) is 4. The van der Waals surface area contributed by atoms with Crippen LogP contribution >= 0.6 is 0 Å². The van der Waals surface area contributed by atoms with E-state index in [0.29, 0.717) is 28.5 Å². The number of amides is 1. The van der Waals surface area contributed by atoms with Gasteiger partial charge in [0.1, 0.15) is 22.9 Å². The second-order valence-corrected chi connectivity index (χ2v) is 8.98. The molecule has 0 aliphatic heterocycles. The lowest BCUT2D eigenvalue weighted by Crippen LogP contribution is -2.13. The summed E-state index contributed by atoms with van der Waals surface area (Å²) in [6.45, 7) is 8.13. The molecule has 2 aromatic heterocycles. The van der Waals surface area contributed by atoms with Crippen molar-refractivity contribution in [1.82, 2.24) is 9.38 Å². The van der Waals surface area contributed by atoms with Gasteiger partial charge in [0.15, 0.2) is 0 Å². The van der Waals surface area contributed by atoms with E-state index in [1.807, 2.05) is 91.3 Å². The number of hydrogen-bond donors (Lipinski definition) is 1. The summed E-state index contributed by atoms with van der Waals surface area (Å²) in [7, 11) is 1.58. The van der Waals surface area contributed by atoms with Gasteiger partial charge < -0.3 is 19.2 Å². The minimum Gasteiger partial charge on any atom is -0.497 e. The fourth-order valence-electron chi connectivity index (χ4n) is 3.87. The predicted octanol–water partition coefficient (Wildman–Crippen LogP) is 7.77. The van der Waals surface area contributed by atoms with Gasteiger partial charge in [-0.05, 0) is 75.2 Å². The molecular formula is C32H33N3O3. The van der Waals surface area contributed by atoms with Crippen molar-refractivity contribution in [2.45, 2.75) is 34.1 Å². The van der Waals surface area contributed by atoms with Crippen molar-refractivity contribution in [3.05, 3.63) is 114 Å². The lowest BCUT2D eigenvalue weighted by molar-refractivity contribution is 0.102. The van der Waals surface area contributed by atoms with Crippen LogP contribution in [-0.2, 0) is 0 Å². The van der Waals surface area contributed by atoms with E-state index in [1.165, 1.54) is 5.57 Å². The number of methoxy groups -OCH3 is 1. The lowest BCUT2D eigenvalue weighted by Gasteiger charge is -2.14. The summed E-state index contributed by atoms with van der Waals surface area (Å²) < 4.78 is 13.6. The van der Waals surface area contributed by atoms with Gasteiger partial charge in [-0.15, -0.1) is 0 Å². The Morgan fingerprint density at radius 1 is 1.11 bits per heavy atom. The van der Waals surface area contributed by atoms with Gasteiger partial charge in [0.25, 0.3) is 5.91 Å². The molecule has 6 heteroatoms. The molecule has 0 aliphatic carbocycles. The number of fused-ring (bicyclic) bond motifs is 1. The van der Waals surface area contributed by atoms with Gasteiger partial charge in [-0.3, -0.25) is 4.79 Å². The van der Waals surface area contributed by atoms with E-state index in [-0.39, 0.29) is 5.91 Å². The summed E-state index contributed by atoms with van der Waals surface area (Å²) in [5.74, 6) is 1.35. The number of rotatable bonds is 9. The average Bonchev–Trinajstić information content (AvgIpc) is 3.37. The van der Waals surface area contributed by atoms with Gasteiger partial charge in [-0.25, -0.2) is 4.98 Å². The third-order valence-electron chi connectivity index (χ3n) is 6.20. The third-order valence-corrected chi connectivity index (χ3v) is 6.20. The number of aryl methyl sites for hydroxylation is 1. The van der Waals surface area contributed by atoms with Crippen molar-refractivity contribution < 1.29 is 14.3 Å². The Hall–Kier alpha value is -4.58. The van der Waals surface area contributed by atoms with Gasteiger partial charge in [-0.1, -0.05) is 42.8 Å². The number of benzene rings is 2. The predicted molar refractivity (Wildman–Crippen MR) is 154 cm³/mol. The molecule has 2 heterocycles. The van der Waals surface area contributed by atoms with Crippen LogP contribution in [-0.4, -0.2) is 22.4 Å². The quantitative estimate of drug-likeness (QED) is 0.186. The van der Waals surface area contributed by atoms with Gasteiger partial charge in [0, 0.05) is 29.7 Å². The first-order chi connectivity index (χ1) is 18.4. The van der Waals surface area contributed by atoms with Crippen molar-refractivity contribution in [3.8, 4) is 22.8 Å². The molecule has 38 heavy (non-hydrogen) atoms. The Morgan fingerprint density at radius 2 is 1.89 bits per heavy atom. The fourth-order valence-corrected chi connectivity index (χ4v) is 3.87. The number of imidazole rings is 1. The Balaban J connectivity index is 1.57. The Labute approximate surface area is 223 Å². The molecule has 4 aromatic rings. The van der Waals surface area contributed by atoms with E-state index in [1.54, 1.807) is 25.3 Å². The molecule has 0 unspecified atom stereocenters. The standard InChI is InChI=1S/C32H33N3O3/c1-6-9-26(16-11-22(3)7-2)38-30-20-27(37-5)17-18-28(30)32(36)33-25-14-12-24(13-15-25)29-21-35-19-8-10-23(4)31(35)34-29/h6,8-21H,7H2,1-5H3,(H,33,36). The molecule has 0 saturated heterocycles. The number of ether oxygens (including phenoxy) is 2. The van der Waals surface area contributed by atoms with Crippen molar-refractivity contribution in [3.63, 3.8) is 0 Å². The zero-order valence-corrected chi connectivity index (χ0v) is 22.5. The molecule has 2 aromatic carbocycles. The van der Waals surface area contributed by atoms with E-state index in [0.717, 1.165) is 28.9 Å². The monoisotopic (exact) mass is 507 g/mol. The number of allylic oxidation sites excluding steroid dienone is 5. The van der Waals surface area contributed by atoms with Crippen LogP contribution in [0, 0.1) is 6.92 Å². The lowest BCUT2D eigenvalue weighted by atomic mass is 10.1. The van der Waals surface area contributed by atoms with Crippen LogP contribution in [0.3, 0.4) is 0 Å². The fraction of sp³-hybridized carbons (Fsp3) is 0.188. The summed E-state index contributed by atoms with van der Waals surface area (Å²) in [4.78, 5) is 18.1. The highest BCUT2D eigenvalue weighted by Gasteiger charge is 2.16. The first-order valence-corrected chi connectivity index (χ1v) is 12.6. The molecule has 0 radical (unpaired) electrons. The molecular weight excluding hydrogens is 474 g/mol. The number of carbonyl (C=O) groups excluding carboxylic acids is 1. The molecule has 0 atom stereocenters. The number of nitrogens with zero attached hydrogens (tertiary/aromatic N) is 2. The molecule has 0 spiro atoms. The van der Waals surface area contributed by atoms with Crippen LogP contribution in [0.2, 0.25) is 0 Å². The average molecular weight is 508 g/mol. The maximum Gasteiger partial charge on any atom is 0.259 e. The summed E-state index contributed by atoms with van der Waals surface area (Å²) in [5.41, 5.74) is 6.18. The number of anilines is 1. The highest BCUT2D eigenvalue weighted by atomic mass is 16.5. The van der Waals surface area contributed by atoms with Crippen LogP contribution < -0.4 is 14.8 Å². The first-order valence-electron chi connectivity index (χ1n) is 12.6. The molecule has 0 bridgehead atoms. The van der Waals surface area contributed by atoms with Gasteiger partial charge in [0.2, 0.25) is 0 Å². The minimum absolute atomic E-state index is 0.279. The Morgan fingerprint density at radius 3 is 2.58 bits per heavy atom. The van der Waals surface area contributed by atoms with E-state index >= 15 is 0 Å². The SMILES string of the molecule is CC=CC(=CC=C(C)CC)Oc1cc(OC)ccc1C(=O)Nc1ccc(-c2cn3cccc(C)c3n2)cc1. The number of pyridine rings is 1.